The van der Waals surface area contributed by atoms with E-state index in [1.165, 1.54) is 12.8 Å². The van der Waals surface area contributed by atoms with E-state index in [0.29, 0.717) is 53.1 Å². The van der Waals surface area contributed by atoms with Gasteiger partial charge in [0.25, 0.3) is 0 Å². The number of likely N-dealkylation sites (N-methyl/N-ethyl adjacent to an activating group) is 1. The zero-order valence-electron chi connectivity index (χ0n) is 23.5. The number of carbonyl (C=O) groups is 3. The monoisotopic (exact) mass is 557 g/mol. The highest BCUT2D eigenvalue weighted by molar-refractivity contribution is 6.33. The van der Waals surface area contributed by atoms with Gasteiger partial charge in [0.2, 0.25) is 5.91 Å². The Morgan fingerprint density at radius 1 is 1.28 bits per heavy atom. The summed E-state index contributed by atoms with van der Waals surface area (Å²) in [7, 11) is 3.51. The Labute approximate surface area is 235 Å². The van der Waals surface area contributed by atoms with Crippen molar-refractivity contribution in [2.45, 2.75) is 77.1 Å². The maximum absolute atomic E-state index is 14.0. The third-order valence-corrected chi connectivity index (χ3v) is 10.5. The van der Waals surface area contributed by atoms with Crippen molar-refractivity contribution < 1.29 is 24.6 Å². The normalized spacial score (nSPS) is 31.3. The van der Waals surface area contributed by atoms with Crippen LogP contribution in [-0.2, 0) is 22.6 Å². The summed E-state index contributed by atoms with van der Waals surface area (Å²) in [4.78, 5) is 43.6. The molecule has 6 unspecified atom stereocenters. The van der Waals surface area contributed by atoms with E-state index in [4.69, 9.17) is 17.3 Å². The number of allylic oxidation sites excluding steroid dienone is 1. The van der Waals surface area contributed by atoms with Crippen LogP contribution in [0.1, 0.15) is 67.9 Å². The molecule has 39 heavy (non-hydrogen) atoms. The molecule has 4 aliphatic rings. The number of benzene rings is 1. The van der Waals surface area contributed by atoms with Gasteiger partial charge < -0.3 is 15.9 Å². The van der Waals surface area contributed by atoms with Crippen LogP contribution < -0.4 is 5.73 Å². The number of halogens is 1. The van der Waals surface area contributed by atoms with Gasteiger partial charge in [0.1, 0.15) is 11.7 Å². The average Bonchev–Trinajstić information content (AvgIpc) is 3.71. The van der Waals surface area contributed by atoms with Gasteiger partial charge in [-0.2, -0.15) is 0 Å². The molecule has 2 saturated carbocycles. The molecule has 9 heteroatoms. The number of Topliss-reactive ketones (excluding diaryl/α,β-unsaturated/α-hetero) is 2. The van der Waals surface area contributed by atoms with Crippen molar-refractivity contribution in [1.82, 2.24) is 9.80 Å². The second-order valence-corrected chi connectivity index (χ2v) is 12.7. The van der Waals surface area contributed by atoms with Crippen molar-refractivity contribution in [3.8, 4) is 5.75 Å². The van der Waals surface area contributed by atoms with Crippen LogP contribution in [0, 0.1) is 23.7 Å². The minimum Gasteiger partial charge on any atom is -0.507 e. The van der Waals surface area contributed by atoms with E-state index < -0.39 is 29.4 Å². The molecule has 0 saturated heterocycles. The van der Waals surface area contributed by atoms with Gasteiger partial charge in [-0.05, 0) is 101 Å². The molecule has 2 fully saturated rings. The third-order valence-electron chi connectivity index (χ3n) is 10.0. The molecule has 0 spiro atoms. The van der Waals surface area contributed by atoms with Crippen molar-refractivity contribution in [2.24, 2.45) is 29.4 Å². The summed E-state index contributed by atoms with van der Waals surface area (Å²) in [5.41, 5.74) is 6.58. The summed E-state index contributed by atoms with van der Waals surface area (Å²) in [5, 5.41) is 23.7. The predicted octanol–water partition coefficient (Wildman–Crippen LogP) is 3.09. The van der Waals surface area contributed by atoms with Crippen molar-refractivity contribution in [3.05, 3.63) is 38.9 Å². The summed E-state index contributed by atoms with van der Waals surface area (Å²) >= 11 is 6.98. The average molecular weight is 558 g/mol. The number of nitrogens with zero attached hydrogens (tertiary/aromatic N) is 2. The lowest BCUT2D eigenvalue weighted by Gasteiger charge is -2.53. The van der Waals surface area contributed by atoms with Gasteiger partial charge in [0.15, 0.2) is 11.6 Å². The zero-order valence-corrected chi connectivity index (χ0v) is 24.2. The second-order valence-electron chi connectivity index (χ2n) is 12.4. The van der Waals surface area contributed by atoms with Crippen LogP contribution in [0.25, 0.3) is 0 Å². The first-order chi connectivity index (χ1) is 18.3. The number of primary amides is 1. The van der Waals surface area contributed by atoms with Gasteiger partial charge in [-0.25, -0.2) is 0 Å². The second kappa shape index (κ2) is 9.98. The first kappa shape index (κ1) is 28.3. The molecule has 5 rings (SSSR count). The SMILES string of the molecule is CCN(Cc1cc(O)c2c(c1Cl)CC1CC3C(N(C)C)C(=O)C(C(N)=O)CC3(O)C(C)=C1C2=O)C(C)C1CC1. The molecular formula is C30H40ClN3O5. The van der Waals surface area contributed by atoms with E-state index in [2.05, 4.69) is 18.7 Å². The minimum atomic E-state index is -1.54. The lowest BCUT2D eigenvalue weighted by molar-refractivity contribution is -0.153. The first-order valence-electron chi connectivity index (χ1n) is 14.1. The van der Waals surface area contributed by atoms with E-state index in [9.17, 15) is 24.6 Å². The molecule has 0 aliphatic heterocycles. The van der Waals surface area contributed by atoms with Crippen LogP contribution in [-0.4, -0.2) is 75.8 Å². The summed E-state index contributed by atoms with van der Waals surface area (Å²) in [5.74, 6) is -2.73. The lowest BCUT2D eigenvalue weighted by Crippen LogP contribution is -2.64. The quantitative estimate of drug-likeness (QED) is 0.440. The Balaban J connectivity index is 1.57. The topological polar surface area (TPSA) is 124 Å². The van der Waals surface area contributed by atoms with Gasteiger partial charge in [-0.3, -0.25) is 24.2 Å². The van der Waals surface area contributed by atoms with Crippen molar-refractivity contribution >= 4 is 29.1 Å². The Kier molecular flexibility index (Phi) is 7.24. The zero-order chi connectivity index (χ0) is 28.5. The van der Waals surface area contributed by atoms with E-state index in [-0.39, 0.29) is 35.2 Å². The largest absolute Gasteiger partial charge is 0.507 e. The van der Waals surface area contributed by atoms with Crippen molar-refractivity contribution in [2.75, 3.05) is 20.6 Å². The molecule has 6 atom stereocenters. The third kappa shape index (κ3) is 4.44. The number of rotatable bonds is 7. The van der Waals surface area contributed by atoms with Gasteiger partial charge in [-0.1, -0.05) is 18.5 Å². The van der Waals surface area contributed by atoms with Crippen LogP contribution in [0.2, 0.25) is 5.02 Å². The van der Waals surface area contributed by atoms with E-state index in [0.717, 1.165) is 12.1 Å². The highest BCUT2D eigenvalue weighted by Crippen LogP contribution is 2.54. The number of aliphatic hydroxyl groups is 1. The molecule has 0 radical (unpaired) electrons. The fraction of sp³-hybridized carbons (Fsp3) is 0.633. The van der Waals surface area contributed by atoms with Crippen LogP contribution >= 0.6 is 11.6 Å². The van der Waals surface area contributed by atoms with Crippen molar-refractivity contribution in [3.63, 3.8) is 0 Å². The van der Waals surface area contributed by atoms with Crippen LogP contribution in [0.5, 0.6) is 5.75 Å². The maximum atomic E-state index is 14.0. The number of hydrogen-bond acceptors (Lipinski definition) is 7. The Morgan fingerprint density at radius 2 is 1.95 bits per heavy atom. The number of hydrogen-bond donors (Lipinski definition) is 3. The summed E-state index contributed by atoms with van der Waals surface area (Å²) in [6.07, 6.45) is 3.13. The molecule has 1 aromatic rings. The highest BCUT2D eigenvalue weighted by Gasteiger charge is 2.59. The summed E-state index contributed by atoms with van der Waals surface area (Å²) in [6.45, 7) is 7.50. The van der Waals surface area contributed by atoms with Gasteiger partial charge in [-0.15, -0.1) is 0 Å². The molecule has 0 heterocycles. The summed E-state index contributed by atoms with van der Waals surface area (Å²) < 4.78 is 0. The standard InChI is InChI=1S/C30H40ClN3O5/c1-6-34(15(3)16-7-8-16)13-18-11-22(35)24-19(25(18)31)9-17-10-21-26(33(4)5)27(36)20(29(32)38)12-30(21,39)14(2)23(17)28(24)37/h11,15-17,20-21,26,35,39H,6-10,12-13H2,1-5H3,(H2,32,38). The van der Waals surface area contributed by atoms with Crippen LogP contribution in [0.4, 0.5) is 0 Å². The lowest BCUT2D eigenvalue weighted by atomic mass is 9.55. The fourth-order valence-corrected chi connectivity index (χ4v) is 7.97. The van der Waals surface area contributed by atoms with E-state index in [1.807, 2.05) is 0 Å². The number of ketones is 2. The number of aromatic hydroxyl groups is 1. The fourth-order valence-electron chi connectivity index (χ4n) is 7.68. The Morgan fingerprint density at radius 3 is 2.51 bits per heavy atom. The smallest absolute Gasteiger partial charge is 0.228 e. The minimum absolute atomic E-state index is 0.0996. The number of fused-ring (bicyclic) bond motifs is 3. The predicted molar refractivity (Wildman–Crippen MR) is 148 cm³/mol. The van der Waals surface area contributed by atoms with Gasteiger partial charge in [0.05, 0.1) is 17.2 Å². The molecule has 1 amide bonds. The number of amides is 1. The Bertz CT molecular complexity index is 1270. The van der Waals surface area contributed by atoms with Crippen LogP contribution in [0.15, 0.2) is 17.2 Å². The maximum Gasteiger partial charge on any atom is 0.228 e. The molecule has 1 aromatic carbocycles. The van der Waals surface area contributed by atoms with E-state index >= 15 is 0 Å². The molecular weight excluding hydrogens is 518 g/mol. The van der Waals surface area contributed by atoms with Gasteiger partial charge >= 0.3 is 0 Å². The summed E-state index contributed by atoms with van der Waals surface area (Å²) in [6, 6.07) is 1.31. The number of phenolic OH excluding ortho intramolecular Hbond substituents is 1. The molecule has 0 bridgehead atoms. The Hall–Kier alpha value is -2.26. The number of phenols is 1. The van der Waals surface area contributed by atoms with Gasteiger partial charge in [0, 0.05) is 29.1 Å². The molecule has 8 nitrogen and oxygen atoms in total. The number of carbonyl (C=O) groups excluding carboxylic acids is 3. The van der Waals surface area contributed by atoms with Crippen LogP contribution in [0.3, 0.4) is 0 Å². The number of nitrogens with two attached hydrogens (primary N) is 1. The van der Waals surface area contributed by atoms with Crippen molar-refractivity contribution in [1.29, 1.82) is 0 Å². The molecule has 212 valence electrons. The molecule has 4 aliphatic carbocycles. The molecule has 4 N–H and O–H groups in total. The molecule has 0 aromatic heterocycles. The van der Waals surface area contributed by atoms with E-state index in [1.54, 1.807) is 32.0 Å². The first-order valence-corrected chi connectivity index (χ1v) is 14.4. The highest BCUT2D eigenvalue weighted by atomic mass is 35.5.